The molecule has 0 amide bonds. The third kappa shape index (κ3) is 2.76. The van der Waals surface area contributed by atoms with Crippen molar-refractivity contribution < 1.29 is 13.2 Å². The van der Waals surface area contributed by atoms with Gasteiger partial charge in [-0.1, -0.05) is 25.4 Å². The lowest BCUT2D eigenvalue weighted by molar-refractivity contribution is -0.137. The molecular formula is C13H12ClF3N2S. The minimum absolute atomic E-state index is 0.118. The molecule has 1 aromatic carbocycles. The summed E-state index contributed by atoms with van der Waals surface area (Å²) >= 11 is 10.8. The molecule has 0 saturated carbocycles. The lowest BCUT2D eigenvalue weighted by Gasteiger charge is -2.14. The Morgan fingerprint density at radius 2 is 1.95 bits per heavy atom. The van der Waals surface area contributed by atoms with Crippen LogP contribution in [0.4, 0.5) is 13.2 Å². The van der Waals surface area contributed by atoms with Crippen LogP contribution in [0.2, 0.25) is 5.02 Å². The summed E-state index contributed by atoms with van der Waals surface area (Å²) in [7, 11) is 0. The van der Waals surface area contributed by atoms with Crippen LogP contribution in [0.5, 0.6) is 0 Å². The van der Waals surface area contributed by atoms with E-state index in [9.17, 15) is 13.2 Å². The fraction of sp³-hybridized carbons (Fsp3) is 0.308. The normalized spacial score (nSPS) is 12.2. The number of aromatic amines is 1. The zero-order valence-corrected chi connectivity index (χ0v) is 12.3. The first-order valence-electron chi connectivity index (χ1n) is 5.89. The molecule has 2 nitrogen and oxygen atoms in total. The van der Waals surface area contributed by atoms with Crippen LogP contribution in [0.1, 0.15) is 31.0 Å². The van der Waals surface area contributed by atoms with E-state index in [-0.39, 0.29) is 10.9 Å². The van der Waals surface area contributed by atoms with E-state index in [4.69, 9.17) is 23.8 Å². The van der Waals surface area contributed by atoms with Gasteiger partial charge in [0, 0.05) is 17.6 Å². The maximum Gasteiger partial charge on any atom is 0.417 e. The molecule has 20 heavy (non-hydrogen) atoms. The molecule has 1 heterocycles. The summed E-state index contributed by atoms with van der Waals surface area (Å²) < 4.78 is 40.6. The van der Waals surface area contributed by atoms with E-state index < -0.39 is 11.7 Å². The standard InChI is InChI=1S/C13H12ClF3N2S/c1-7(2)11-6-18-12(20)19(11)8-3-4-10(14)9(5-8)13(15,16)17/h3-7H,1-2H3,(H,18,20). The van der Waals surface area contributed by atoms with Gasteiger partial charge in [0.2, 0.25) is 0 Å². The molecule has 2 aromatic rings. The van der Waals surface area contributed by atoms with Gasteiger partial charge in [-0.3, -0.25) is 4.57 Å². The van der Waals surface area contributed by atoms with Crippen molar-refractivity contribution in [3.05, 3.63) is 45.4 Å². The van der Waals surface area contributed by atoms with Crippen molar-refractivity contribution in [3.8, 4) is 5.69 Å². The minimum atomic E-state index is -4.50. The molecule has 2 rings (SSSR count). The Morgan fingerprint density at radius 1 is 1.30 bits per heavy atom. The third-order valence-corrected chi connectivity index (χ3v) is 3.54. The van der Waals surface area contributed by atoms with Crippen molar-refractivity contribution in [3.63, 3.8) is 0 Å². The summed E-state index contributed by atoms with van der Waals surface area (Å²) in [6.07, 6.45) is -2.79. The van der Waals surface area contributed by atoms with Crippen LogP contribution >= 0.6 is 23.8 Å². The molecule has 1 aromatic heterocycles. The molecule has 0 fully saturated rings. The average Bonchev–Trinajstić information content (AvgIpc) is 2.70. The van der Waals surface area contributed by atoms with Gasteiger partial charge in [-0.25, -0.2) is 0 Å². The molecule has 7 heteroatoms. The van der Waals surface area contributed by atoms with Gasteiger partial charge in [0.15, 0.2) is 4.77 Å². The lowest BCUT2D eigenvalue weighted by Crippen LogP contribution is -2.08. The second kappa shape index (κ2) is 5.26. The lowest BCUT2D eigenvalue weighted by atomic mass is 10.1. The SMILES string of the molecule is CC(C)c1c[nH]c(=S)n1-c1ccc(Cl)c(C(F)(F)F)c1. The maximum atomic E-state index is 12.9. The summed E-state index contributed by atoms with van der Waals surface area (Å²) in [5.41, 5.74) is 0.289. The highest BCUT2D eigenvalue weighted by atomic mass is 35.5. The summed E-state index contributed by atoms with van der Waals surface area (Å²) in [4.78, 5) is 2.85. The molecule has 0 aliphatic carbocycles. The number of nitrogens with one attached hydrogen (secondary N) is 1. The molecular weight excluding hydrogens is 309 g/mol. The first kappa shape index (κ1) is 15.1. The first-order chi connectivity index (χ1) is 9.21. The van der Waals surface area contributed by atoms with Crippen molar-refractivity contribution in [2.24, 2.45) is 0 Å². The largest absolute Gasteiger partial charge is 0.417 e. The van der Waals surface area contributed by atoms with Gasteiger partial charge in [-0.05, 0) is 36.3 Å². The highest BCUT2D eigenvalue weighted by Gasteiger charge is 2.33. The number of halogens is 4. The van der Waals surface area contributed by atoms with Crippen LogP contribution in [0.3, 0.4) is 0 Å². The molecule has 0 aliphatic heterocycles. The second-order valence-electron chi connectivity index (χ2n) is 4.67. The molecule has 0 aliphatic rings. The highest BCUT2D eigenvalue weighted by molar-refractivity contribution is 7.71. The van der Waals surface area contributed by atoms with E-state index in [1.54, 1.807) is 10.8 Å². The van der Waals surface area contributed by atoms with E-state index in [1.807, 2.05) is 13.8 Å². The number of aromatic nitrogens is 2. The van der Waals surface area contributed by atoms with Crippen molar-refractivity contribution in [2.75, 3.05) is 0 Å². The van der Waals surface area contributed by atoms with E-state index in [0.29, 0.717) is 10.5 Å². The second-order valence-corrected chi connectivity index (χ2v) is 5.46. The molecule has 108 valence electrons. The molecule has 0 radical (unpaired) electrons. The summed E-state index contributed by atoms with van der Waals surface area (Å²) in [5.74, 6) is 0.118. The fourth-order valence-corrected chi connectivity index (χ4v) is 2.44. The predicted octanol–water partition coefficient (Wildman–Crippen LogP) is 5.33. The van der Waals surface area contributed by atoms with Gasteiger partial charge in [-0.2, -0.15) is 13.2 Å². The van der Waals surface area contributed by atoms with Gasteiger partial charge in [-0.15, -0.1) is 0 Å². The summed E-state index contributed by atoms with van der Waals surface area (Å²) in [6.45, 7) is 3.88. The first-order valence-corrected chi connectivity index (χ1v) is 6.68. The molecule has 0 bridgehead atoms. The van der Waals surface area contributed by atoms with Gasteiger partial charge in [0.1, 0.15) is 0 Å². The number of hydrogen-bond donors (Lipinski definition) is 1. The van der Waals surface area contributed by atoms with Gasteiger partial charge < -0.3 is 4.98 Å². The van der Waals surface area contributed by atoms with Crippen LogP contribution in [-0.4, -0.2) is 9.55 Å². The van der Waals surface area contributed by atoms with Crippen molar-refractivity contribution in [1.82, 2.24) is 9.55 Å². The molecule has 0 spiro atoms. The monoisotopic (exact) mass is 320 g/mol. The topological polar surface area (TPSA) is 20.7 Å². The summed E-state index contributed by atoms with van der Waals surface area (Å²) in [5, 5.41) is -0.325. The Hall–Kier alpha value is -1.27. The molecule has 0 saturated heterocycles. The Kier molecular flexibility index (Phi) is 3.97. The number of nitrogens with zero attached hydrogens (tertiary/aromatic N) is 1. The molecule has 0 unspecified atom stereocenters. The zero-order valence-electron chi connectivity index (χ0n) is 10.8. The smallest absolute Gasteiger partial charge is 0.337 e. The number of H-pyrrole nitrogens is 1. The zero-order chi connectivity index (χ0) is 15.1. The molecule has 0 atom stereocenters. The van der Waals surface area contributed by atoms with Gasteiger partial charge >= 0.3 is 6.18 Å². The molecule has 1 N–H and O–H groups in total. The maximum absolute atomic E-state index is 12.9. The van der Waals surface area contributed by atoms with Crippen molar-refractivity contribution in [2.45, 2.75) is 25.9 Å². The van der Waals surface area contributed by atoms with Crippen molar-refractivity contribution in [1.29, 1.82) is 0 Å². The number of benzene rings is 1. The van der Waals surface area contributed by atoms with Crippen molar-refractivity contribution >= 4 is 23.8 Å². The van der Waals surface area contributed by atoms with Gasteiger partial charge in [0.25, 0.3) is 0 Å². The van der Waals surface area contributed by atoms with E-state index in [0.717, 1.165) is 11.8 Å². The number of rotatable bonds is 2. The highest BCUT2D eigenvalue weighted by Crippen LogP contribution is 2.36. The van der Waals surface area contributed by atoms with E-state index >= 15 is 0 Å². The van der Waals surface area contributed by atoms with E-state index in [2.05, 4.69) is 4.98 Å². The van der Waals surface area contributed by atoms with Crippen LogP contribution < -0.4 is 0 Å². The van der Waals surface area contributed by atoms with Crippen LogP contribution in [0.15, 0.2) is 24.4 Å². The Morgan fingerprint density at radius 3 is 2.50 bits per heavy atom. The number of hydrogen-bond acceptors (Lipinski definition) is 1. The quantitative estimate of drug-likeness (QED) is 0.742. The Labute approximate surface area is 124 Å². The van der Waals surface area contributed by atoms with Crippen LogP contribution in [0, 0.1) is 4.77 Å². The summed E-state index contributed by atoms with van der Waals surface area (Å²) in [6, 6.07) is 3.77. The Balaban J connectivity index is 2.66. The van der Waals surface area contributed by atoms with Crippen LogP contribution in [0.25, 0.3) is 5.69 Å². The number of imidazole rings is 1. The number of alkyl halides is 3. The third-order valence-electron chi connectivity index (χ3n) is 2.91. The fourth-order valence-electron chi connectivity index (χ4n) is 1.94. The minimum Gasteiger partial charge on any atom is -0.337 e. The van der Waals surface area contributed by atoms with Gasteiger partial charge in [0.05, 0.1) is 10.6 Å². The Bertz CT molecular complexity index is 686. The van der Waals surface area contributed by atoms with Crippen LogP contribution in [-0.2, 0) is 6.18 Å². The average molecular weight is 321 g/mol. The predicted molar refractivity (Wildman–Crippen MR) is 75.1 cm³/mol. The van der Waals surface area contributed by atoms with E-state index in [1.165, 1.54) is 12.1 Å².